The lowest BCUT2D eigenvalue weighted by Gasteiger charge is -2.31. The van der Waals surface area contributed by atoms with Gasteiger partial charge in [0.1, 0.15) is 11.0 Å². The highest BCUT2D eigenvalue weighted by atomic mass is 35.5. The Balaban J connectivity index is 2.11. The smallest absolute Gasteiger partial charge is 0.254 e. The summed E-state index contributed by atoms with van der Waals surface area (Å²) >= 11 is 5.82. The van der Waals surface area contributed by atoms with Crippen molar-refractivity contribution in [1.82, 2.24) is 9.88 Å². The molecule has 5 heteroatoms. The molecule has 0 aliphatic heterocycles. The van der Waals surface area contributed by atoms with Gasteiger partial charge in [0.15, 0.2) is 0 Å². The maximum atomic E-state index is 12.3. The standard InChI is InChI=1S/C13H18ClN3O/c1-2-17(8-9-4-3-5-9)13(18)10-6-11(14)16-12(15)7-10/h6-7,9H,2-5,8H2,1H3,(H2,15,16). The van der Waals surface area contributed by atoms with Gasteiger partial charge in [-0.05, 0) is 37.8 Å². The molecule has 1 saturated carbocycles. The molecule has 1 fully saturated rings. The van der Waals surface area contributed by atoms with E-state index < -0.39 is 0 Å². The highest BCUT2D eigenvalue weighted by molar-refractivity contribution is 6.29. The number of rotatable bonds is 4. The van der Waals surface area contributed by atoms with E-state index in [0.717, 1.165) is 6.54 Å². The monoisotopic (exact) mass is 267 g/mol. The number of pyridine rings is 1. The molecule has 0 aromatic carbocycles. The first-order valence-electron chi connectivity index (χ1n) is 6.32. The Morgan fingerprint density at radius 1 is 1.56 bits per heavy atom. The van der Waals surface area contributed by atoms with Crippen LogP contribution in [0.5, 0.6) is 0 Å². The molecular weight excluding hydrogens is 250 g/mol. The van der Waals surface area contributed by atoms with Crippen molar-refractivity contribution in [3.63, 3.8) is 0 Å². The molecule has 0 saturated heterocycles. The van der Waals surface area contributed by atoms with E-state index in [1.54, 1.807) is 12.1 Å². The zero-order valence-corrected chi connectivity index (χ0v) is 11.3. The van der Waals surface area contributed by atoms with E-state index in [2.05, 4.69) is 4.98 Å². The third-order valence-corrected chi connectivity index (χ3v) is 3.63. The molecule has 1 aliphatic rings. The zero-order valence-electron chi connectivity index (χ0n) is 10.5. The van der Waals surface area contributed by atoms with Gasteiger partial charge in [0, 0.05) is 18.7 Å². The second kappa shape index (κ2) is 5.57. The SMILES string of the molecule is CCN(CC1CCC1)C(=O)c1cc(N)nc(Cl)c1. The van der Waals surface area contributed by atoms with Crippen LogP contribution >= 0.6 is 11.6 Å². The summed E-state index contributed by atoms with van der Waals surface area (Å²) in [5.41, 5.74) is 6.13. The van der Waals surface area contributed by atoms with E-state index in [0.29, 0.717) is 18.0 Å². The van der Waals surface area contributed by atoms with Crippen LogP contribution in [0, 0.1) is 5.92 Å². The summed E-state index contributed by atoms with van der Waals surface area (Å²) in [6.45, 7) is 3.52. The molecule has 0 unspecified atom stereocenters. The summed E-state index contributed by atoms with van der Waals surface area (Å²) in [6.07, 6.45) is 3.73. The van der Waals surface area contributed by atoms with Gasteiger partial charge < -0.3 is 10.6 Å². The van der Waals surface area contributed by atoms with Gasteiger partial charge in [-0.25, -0.2) is 4.98 Å². The minimum absolute atomic E-state index is 0.0135. The van der Waals surface area contributed by atoms with Crippen LogP contribution in [0.15, 0.2) is 12.1 Å². The number of carbonyl (C=O) groups is 1. The molecular formula is C13H18ClN3O. The van der Waals surface area contributed by atoms with Crippen molar-refractivity contribution >= 4 is 23.3 Å². The van der Waals surface area contributed by atoms with Crippen molar-refractivity contribution in [3.8, 4) is 0 Å². The molecule has 0 bridgehead atoms. The number of hydrogen-bond donors (Lipinski definition) is 1. The number of nitrogen functional groups attached to an aromatic ring is 1. The van der Waals surface area contributed by atoms with Gasteiger partial charge >= 0.3 is 0 Å². The number of nitrogens with zero attached hydrogens (tertiary/aromatic N) is 2. The van der Waals surface area contributed by atoms with Crippen LogP contribution in [0.3, 0.4) is 0 Å². The maximum absolute atomic E-state index is 12.3. The first-order chi connectivity index (χ1) is 8.60. The summed E-state index contributed by atoms with van der Waals surface area (Å²) < 4.78 is 0. The van der Waals surface area contributed by atoms with Gasteiger partial charge in [0.25, 0.3) is 5.91 Å². The molecule has 0 spiro atoms. The van der Waals surface area contributed by atoms with E-state index in [-0.39, 0.29) is 16.9 Å². The Bertz CT molecular complexity index is 426. The summed E-state index contributed by atoms with van der Waals surface area (Å²) in [4.78, 5) is 18.1. The lowest BCUT2D eigenvalue weighted by Crippen LogP contribution is -2.37. The van der Waals surface area contributed by atoms with Crippen LogP contribution < -0.4 is 5.73 Å². The Morgan fingerprint density at radius 2 is 2.28 bits per heavy atom. The number of carbonyl (C=O) groups excluding carboxylic acids is 1. The lowest BCUT2D eigenvalue weighted by molar-refractivity contribution is 0.0706. The van der Waals surface area contributed by atoms with Gasteiger partial charge in [0.05, 0.1) is 0 Å². The third kappa shape index (κ3) is 2.93. The third-order valence-electron chi connectivity index (χ3n) is 3.43. The quantitative estimate of drug-likeness (QED) is 0.853. The maximum Gasteiger partial charge on any atom is 0.254 e. The van der Waals surface area contributed by atoms with Crippen LogP contribution in [0.25, 0.3) is 0 Å². The van der Waals surface area contributed by atoms with Gasteiger partial charge in [-0.1, -0.05) is 18.0 Å². The topological polar surface area (TPSA) is 59.2 Å². The predicted molar refractivity (Wildman–Crippen MR) is 72.6 cm³/mol. The van der Waals surface area contributed by atoms with Crippen LogP contribution in [0.1, 0.15) is 36.5 Å². The van der Waals surface area contributed by atoms with E-state index in [1.165, 1.54) is 19.3 Å². The summed E-state index contributed by atoms with van der Waals surface area (Å²) in [5, 5.41) is 0.262. The van der Waals surface area contributed by atoms with E-state index in [4.69, 9.17) is 17.3 Å². The molecule has 1 aromatic rings. The largest absolute Gasteiger partial charge is 0.384 e. The van der Waals surface area contributed by atoms with E-state index >= 15 is 0 Å². The van der Waals surface area contributed by atoms with Crippen molar-refractivity contribution in [2.24, 2.45) is 5.92 Å². The molecule has 1 heterocycles. The van der Waals surface area contributed by atoms with Crippen LogP contribution in [0.4, 0.5) is 5.82 Å². The molecule has 2 N–H and O–H groups in total. The minimum atomic E-state index is -0.0135. The average Bonchev–Trinajstić information content (AvgIpc) is 2.26. The summed E-state index contributed by atoms with van der Waals surface area (Å²) in [5.74, 6) is 0.925. The Hall–Kier alpha value is -1.29. The second-order valence-corrected chi connectivity index (χ2v) is 5.13. The molecule has 4 nitrogen and oxygen atoms in total. The summed E-state index contributed by atoms with van der Waals surface area (Å²) in [6, 6.07) is 3.15. The first-order valence-corrected chi connectivity index (χ1v) is 6.70. The Labute approximate surface area is 112 Å². The second-order valence-electron chi connectivity index (χ2n) is 4.74. The number of anilines is 1. The minimum Gasteiger partial charge on any atom is -0.384 e. The number of aromatic nitrogens is 1. The highest BCUT2D eigenvalue weighted by Crippen LogP contribution is 2.27. The van der Waals surface area contributed by atoms with Gasteiger partial charge in [-0.2, -0.15) is 0 Å². The highest BCUT2D eigenvalue weighted by Gasteiger charge is 2.23. The van der Waals surface area contributed by atoms with Crippen molar-refractivity contribution in [2.45, 2.75) is 26.2 Å². The average molecular weight is 268 g/mol. The van der Waals surface area contributed by atoms with Gasteiger partial charge in [-0.15, -0.1) is 0 Å². The Kier molecular flexibility index (Phi) is 4.07. The van der Waals surface area contributed by atoms with Crippen LogP contribution in [-0.2, 0) is 0 Å². The van der Waals surface area contributed by atoms with Crippen molar-refractivity contribution in [3.05, 3.63) is 22.8 Å². The lowest BCUT2D eigenvalue weighted by atomic mass is 9.85. The van der Waals surface area contributed by atoms with E-state index in [9.17, 15) is 4.79 Å². The summed E-state index contributed by atoms with van der Waals surface area (Å²) in [7, 11) is 0. The van der Waals surface area contributed by atoms with Gasteiger partial charge in [0.2, 0.25) is 0 Å². The fraction of sp³-hybridized carbons (Fsp3) is 0.538. The first kappa shape index (κ1) is 13.1. The van der Waals surface area contributed by atoms with E-state index in [1.807, 2.05) is 11.8 Å². The fourth-order valence-corrected chi connectivity index (χ4v) is 2.38. The number of amides is 1. The Morgan fingerprint density at radius 3 is 2.78 bits per heavy atom. The molecule has 1 aliphatic carbocycles. The molecule has 0 radical (unpaired) electrons. The molecule has 1 aromatic heterocycles. The molecule has 0 atom stereocenters. The van der Waals surface area contributed by atoms with Gasteiger partial charge in [-0.3, -0.25) is 4.79 Å². The molecule has 98 valence electrons. The number of nitrogens with two attached hydrogens (primary N) is 1. The molecule has 2 rings (SSSR count). The normalized spacial score (nSPS) is 15.2. The van der Waals surface area contributed by atoms with Crippen molar-refractivity contribution in [2.75, 3.05) is 18.8 Å². The number of hydrogen-bond acceptors (Lipinski definition) is 3. The predicted octanol–water partition coefficient (Wildman–Crippen LogP) is 2.58. The fourth-order valence-electron chi connectivity index (χ4n) is 2.17. The van der Waals surface area contributed by atoms with Crippen molar-refractivity contribution in [1.29, 1.82) is 0 Å². The van der Waals surface area contributed by atoms with Crippen LogP contribution in [-0.4, -0.2) is 28.9 Å². The zero-order chi connectivity index (χ0) is 13.1. The molecule has 1 amide bonds. The van der Waals surface area contributed by atoms with Crippen molar-refractivity contribution < 1.29 is 4.79 Å². The molecule has 18 heavy (non-hydrogen) atoms. The number of halogens is 1. The van der Waals surface area contributed by atoms with Crippen LogP contribution in [0.2, 0.25) is 5.15 Å².